The maximum atomic E-state index is 13.9. The molecule has 1 amide bonds. The Morgan fingerprint density at radius 1 is 1.23 bits per heavy atom. The van der Waals surface area contributed by atoms with E-state index in [0.717, 1.165) is 18.9 Å². The summed E-state index contributed by atoms with van der Waals surface area (Å²) in [5.41, 5.74) is -0.292. The van der Waals surface area contributed by atoms with Crippen molar-refractivity contribution >= 4 is 21.7 Å². The van der Waals surface area contributed by atoms with Crippen LogP contribution >= 0.6 is 0 Å². The Labute approximate surface area is 151 Å². The lowest BCUT2D eigenvalue weighted by Crippen LogP contribution is -2.44. The largest absolute Gasteiger partial charge is 0.497 e. The van der Waals surface area contributed by atoms with Crippen molar-refractivity contribution in [1.29, 1.82) is 0 Å². The molecule has 7 nitrogen and oxygen atoms in total. The predicted octanol–water partition coefficient (Wildman–Crippen LogP) is 1.17. The van der Waals surface area contributed by atoms with Crippen molar-refractivity contribution in [2.24, 2.45) is 0 Å². The number of sulfone groups is 1. The van der Waals surface area contributed by atoms with Gasteiger partial charge < -0.3 is 14.4 Å². The van der Waals surface area contributed by atoms with Gasteiger partial charge >= 0.3 is 5.97 Å². The summed E-state index contributed by atoms with van der Waals surface area (Å²) >= 11 is 0. The number of nitrogens with zero attached hydrogens (tertiary/aromatic N) is 1. The Kier molecular flexibility index (Phi) is 5.17. The summed E-state index contributed by atoms with van der Waals surface area (Å²) in [5, 5.41) is 0. The maximum absolute atomic E-state index is 13.9. The van der Waals surface area contributed by atoms with Gasteiger partial charge in [0.1, 0.15) is 11.6 Å². The first kappa shape index (κ1) is 18.6. The van der Waals surface area contributed by atoms with Gasteiger partial charge in [-0.25, -0.2) is 17.6 Å². The molecule has 2 aliphatic rings. The number of hydrogen-bond acceptors (Lipinski definition) is 6. The van der Waals surface area contributed by atoms with Gasteiger partial charge in [0, 0.05) is 18.2 Å². The molecule has 1 aliphatic carbocycles. The summed E-state index contributed by atoms with van der Waals surface area (Å²) in [6.07, 6.45) is 2.01. The zero-order chi connectivity index (χ0) is 18.9. The van der Waals surface area contributed by atoms with E-state index in [1.165, 1.54) is 24.1 Å². The quantitative estimate of drug-likeness (QED) is 0.683. The highest BCUT2D eigenvalue weighted by Crippen LogP contribution is 2.32. The smallest absolute Gasteiger partial charge is 0.341 e. The van der Waals surface area contributed by atoms with Crippen LogP contribution in [0.1, 0.15) is 29.6 Å². The van der Waals surface area contributed by atoms with Crippen molar-refractivity contribution in [2.45, 2.75) is 31.3 Å². The molecule has 1 saturated carbocycles. The number of halogens is 1. The van der Waals surface area contributed by atoms with E-state index in [2.05, 4.69) is 0 Å². The zero-order valence-electron chi connectivity index (χ0n) is 14.3. The van der Waals surface area contributed by atoms with Gasteiger partial charge in [-0.15, -0.1) is 0 Å². The van der Waals surface area contributed by atoms with Crippen LogP contribution in [0.4, 0.5) is 4.39 Å². The molecule has 1 aliphatic heterocycles. The maximum Gasteiger partial charge on any atom is 0.341 e. The van der Waals surface area contributed by atoms with E-state index >= 15 is 0 Å². The Balaban J connectivity index is 1.62. The Morgan fingerprint density at radius 3 is 2.50 bits per heavy atom. The third-order valence-corrected chi connectivity index (χ3v) is 6.30. The van der Waals surface area contributed by atoms with Gasteiger partial charge in [0.2, 0.25) is 0 Å². The molecular weight excluding hydrogens is 365 g/mol. The van der Waals surface area contributed by atoms with Crippen LogP contribution in [0.5, 0.6) is 5.75 Å². The lowest BCUT2D eigenvalue weighted by atomic mass is 10.2. The minimum Gasteiger partial charge on any atom is -0.497 e. The van der Waals surface area contributed by atoms with E-state index in [4.69, 9.17) is 9.47 Å². The Hall–Kier alpha value is -2.16. The molecule has 1 heterocycles. The average Bonchev–Trinajstić information content (AvgIpc) is 3.35. The highest BCUT2D eigenvalue weighted by Gasteiger charge is 2.42. The first-order chi connectivity index (χ1) is 12.3. The van der Waals surface area contributed by atoms with Crippen molar-refractivity contribution in [3.05, 3.63) is 29.6 Å². The number of esters is 1. The van der Waals surface area contributed by atoms with Crippen LogP contribution in [0.3, 0.4) is 0 Å². The Morgan fingerprint density at radius 2 is 1.96 bits per heavy atom. The number of benzene rings is 1. The van der Waals surface area contributed by atoms with E-state index in [0.29, 0.717) is 6.42 Å². The number of hydrogen-bond donors (Lipinski definition) is 0. The van der Waals surface area contributed by atoms with Crippen LogP contribution in [-0.2, 0) is 19.4 Å². The molecule has 0 radical (unpaired) electrons. The zero-order valence-corrected chi connectivity index (χ0v) is 15.1. The normalized spacial score (nSPS) is 21.2. The molecular formula is C17H20FNO6S. The van der Waals surface area contributed by atoms with Crippen molar-refractivity contribution < 1.29 is 31.9 Å². The molecule has 2 fully saturated rings. The number of carbonyl (C=O) groups is 2. The van der Waals surface area contributed by atoms with Gasteiger partial charge in [0.05, 0.1) is 24.2 Å². The van der Waals surface area contributed by atoms with Crippen LogP contribution in [0.25, 0.3) is 0 Å². The second-order valence-corrected chi connectivity index (χ2v) is 8.74. The van der Waals surface area contributed by atoms with Gasteiger partial charge in [-0.1, -0.05) is 0 Å². The van der Waals surface area contributed by atoms with Gasteiger partial charge in [-0.05, 0) is 31.4 Å². The van der Waals surface area contributed by atoms with E-state index in [1.807, 2.05) is 0 Å². The summed E-state index contributed by atoms with van der Waals surface area (Å²) in [5.74, 6) is -1.94. The number of carbonyl (C=O) groups excluding carboxylic acids is 2. The molecule has 1 aromatic rings. The molecule has 0 aromatic heterocycles. The summed E-state index contributed by atoms with van der Waals surface area (Å²) in [6, 6.07) is 3.32. The van der Waals surface area contributed by atoms with E-state index < -0.39 is 34.1 Å². The molecule has 0 spiro atoms. The highest BCUT2D eigenvalue weighted by molar-refractivity contribution is 7.91. The second-order valence-electron chi connectivity index (χ2n) is 6.51. The fourth-order valence-corrected chi connectivity index (χ4v) is 4.83. The highest BCUT2D eigenvalue weighted by atomic mass is 32.2. The van der Waals surface area contributed by atoms with E-state index in [9.17, 15) is 22.4 Å². The molecule has 0 unspecified atom stereocenters. The molecule has 9 heteroatoms. The van der Waals surface area contributed by atoms with Crippen LogP contribution < -0.4 is 4.74 Å². The SMILES string of the molecule is COc1ccc(C(=O)OCC(=O)N(C2CC2)[C@@H]2CCS(=O)(=O)C2)c(F)c1. The third-order valence-electron chi connectivity index (χ3n) is 4.55. The monoisotopic (exact) mass is 385 g/mol. The topological polar surface area (TPSA) is 90.0 Å². The molecule has 1 atom stereocenters. The van der Waals surface area contributed by atoms with Crippen LogP contribution in [-0.4, -0.2) is 62.5 Å². The summed E-state index contributed by atoms with van der Waals surface area (Å²) in [7, 11) is -1.75. The second kappa shape index (κ2) is 7.22. The average molecular weight is 385 g/mol. The van der Waals surface area contributed by atoms with Gasteiger partial charge in [-0.2, -0.15) is 0 Å². The van der Waals surface area contributed by atoms with Gasteiger partial charge in [0.25, 0.3) is 5.91 Å². The lowest BCUT2D eigenvalue weighted by Gasteiger charge is -2.28. The predicted molar refractivity (Wildman–Crippen MR) is 90.2 cm³/mol. The number of rotatable bonds is 6. The van der Waals surface area contributed by atoms with E-state index in [-0.39, 0.29) is 34.9 Å². The fraction of sp³-hybridized carbons (Fsp3) is 0.529. The molecule has 1 aromatic carbocycles. The number of methoxy groups -OCH3 is 1. The molecule has 0 bridgehead atoms. The number of amides is 1. The summed E-state index contributed by atoms with van der Waals surface area (Å²) < 4.78 is 47.1. The van der Waals surface area contributed by atoms with Gasteiger partial charge in [0.15, 0.2) is 16.4 Å². The third kappa shape index (κ3) is 4.14. The van der Waals surface area contributed by atoms with Crippen LogP contribution in [0, 0.1) is 5.82 Å². The van der Waals surface area contributed by atoms with Crippen LogP contribution in [0.15, 0.2) is 18.2 Å². The van der Waals surface area contributed by atoms with Crippen molar-refractivity contribution in [3.8, 4) is 5.75 Å². The van der Waals surface area contributed by atoms with Crippen LogP contribution in [0.2, 0.25) is 0 Å². The molecule has 142 valence electrons. The minimum atomic E-state index is -3.13. The van der Waals surface area contributed by atoms with Gasteiger partial charge in [-0.3, -0.25) is 4.79 Å². The number of ether oxygens (including phenoxy) is 2. The minimum absolute atomic E-state index is 0.00257. The lowest BCUT2D eigenvalue weighted by molar-refractivity contribution is -0.137. The summed E-state index contributed by atoms with van der Waals surface area (Å²) in [4.78, 5) is 26.0. The van der Waals surface area contributed by atoms with E-state index in [1.54, 1.807) is 0 Å². The fourth-order valence-electron chi connectivity index (χ4n) is 3.12. The first-order valence-corrected chi connectivity index (χ1v) is 10.1. The van der Waals surface area contributed by atoms with Crippen molar-refractivity contribution in [1.82, 2.24) is 4.90 Å². The first-order valence-electron chi connectivity index (χ1n) is 8.33. The Bertz CT molecular complexity index is 821. The van der Waals surface area contributed by atoms with Crippen molar-refractivity contribution in [2.75, 3.05) is 25.2 Å². The standard InChI is InChI=1S/C17H20FNO6S/c1-24-13-4-5-14(15(18)8-13)17(21)25-9-16(20)19(11-2-3-11)12-6-7-26(22,23)10-12/h4-5,8,11-12H,2-3,6-7,9-10H2,1H3/t12-/m1/s1. The molecule has 3 rings (SSSR count). The summed E-state index contributed by atoms with van der Waals surface area (Å²) in [6.45, 7) is -0.544. The molecule has 1 saturated heterocycles. The van der Waals surface area contributed by atoms with Crippen molar-refractivity contribution in [3.63, 3.8) is 0 Å². The molecule has 0 N–H and O–H groups in total. The molecule has 26 heavy (non-hydrogen) atoms.